The second-order valence-electron chi connectivity index (χ2n) is 5.43. The van der Waals surface area contributed by atoms with E-state index in [1.54, 1.807) is 0 Å². The van der Waals surface area contributed by atoms with Gasteiger partial charge in [0.15, 0.2) is 0 Å². The standard InChI is InChI=1S/C11H23N3O/c1-8-5-6-12-7-9(8)13-10(15)14-11(2,3)4/h8-9,12H,5-7H2,1-4H3,(H2,13,14,15). The lowest BCUT2D eigenvalue weighted by Gasteiger charge is -2.31. The Morgan fingerprint density at radius 1 is 1.40 bits per heavy atom. The van der Waals surface area contributed by atoms with Gasteiger partial charge in [-0.15, -0.1) is 0 Å². The lowest BCUT2D eigenvalue weighted by atomic mass is 9.95. The Bertz CT molecular complexity index is 222. The summed E-state index contributed by atoms with van der Waals surface area (Å²) in [5.74, 6) is 0.553. The number of carbonyl (C=O) groups is 1. The molecule has 1 fully saturated rings. The predicted octanol–water partition coefficient (Wildman–Crippen LogP) is 1.08. The molecule has 0 aromatic rings. The summed E-state index contributed by atoms with van der Waals surface area (Å²) in [6, 6.07) is 0.184. The number of rotatable bonds is 1. The largest absolute Gasteiger partial charge is 0.334 e. The molecule has 0 aliphatic carbocycles. The van der Waals surface area contributed by atoms with Crippen LogP contribution >= 0.6 is 0 Å². The molecule has 1 saturated heterocycles. The molecule has 0 aromatic carbocycles. The zero-order chi connectivity index (χ0) is 11.5. The van der Waals surface area contributed by atoms with Crippen LogP contribution in [-0.4, -0.2) is 30.7 Å². The normalized spacial score (nSPS) is 27.2. The second-order valence-corrected chi connectivity index (χ2v) is 5.43. The number of hydrogen-bond acceptors (Lipinski definition) is 2. The topological polar surface area (TPSA) is 53.2 Å². The van der Waals surface area contributed by atoms with E-state index < -0.39 is 0 Å². The van der Waals surface area contributed by atoms with E-state index in [2.05, 4.69) is 22.9 Å². The molecule has 1 heterocycles. The van der Waals surface area contributed by atoms with E-state index in [1.807, 2.05) is 20.8 Å². The van der Waals surface area contributed by atoms with Crippen LogP contribution in [0, 0.1) is 5.92 Å². The van der Waals surface area contributed by atoms with Gasteiger partial charge in [-0.05, 0) is 39.7 Å². The van der Waals surface area contributed by atoms with Crippen LogP contribution in [-0.2, 0) is 0 Å². The molecule has 2 atom stereocenters. The van der Waals surface area contributed by atoms with E-state index in [1.165, 1.54) is 0 Å². The highest BCUT2D eigenvalue weighted by Gasteiger charge is 2.23. The van der Waals surface area contributed by atoms with Crippen LogP contribution in [0.15, 0.2) is 0 Å². The van der Waals surface area contributed by atoms with E-state index in [-0.39, 0.29) is 17.6 Å². The molecule has 2 unspecified atom stereocenters. The summed E-state index contributed by atoms with van der Waals surface area (Å²) in [6.45, 7) is 10.1. The molecular formula is C11H23N3O. The Kier molecular flexibility index (Phi) is 3.97. The minimum Gasteiger partial charge on any atom is -0.334 e. The fraction of sp³-hybridized carbons (Fsp3) is 0.909. The maximum atomic E-state index is 11.6. The SMILES string of the molecule is CC1CCNCC1NC(=O)NC(C)(C)C. The van der Waals surface area contributed by atoms with Gasteiger partial charge in [0.1, 0.15) is 0 Å². The monoisotopic (exact) mass is 213 g/mol. The maximum absolute atomic E-state index is 11.6. The summed E-state index contributed by atoms with van der Waals surface area (Å²) in [6.07, 6.45) is 1.13. The third-order valence-corrected chi connectivity index (χ3v) is 2.63. The summed E-state index contributed by atoms with van der Waals surface area (Å²) in [5, 5.41) is 9.21. The van der Waals surface area contributed by atoms with E-state index >= 15 is 0 Å². The third-order valence-electron chi connectivity index (χ3n) is 2.63. The van der Waals surface area contributed by atoms with Gasteiger partial charge < -0.3 is 16.0 Å². The van der Waals surface area contributed by atoms with Crippen molar-refractivity contribution in [2.45, 2.75) is 45.7 Å². The minimum atomic E-state index is -0.171. The van der Waals surface area contributed by atoms with Crippen molar-refractivity contribution >= 4 is 6.03 Å². The van der Waals surface area contributed by atoms with Crippen molar-refractivity contribution in [3.8, 4) is 0 Å². The molecule has 0 bridgehead atoms. The van der Waals surface area contributed by atoms with Gasteiger partial charge in [0, 0.05) is 18.1 Å². The first-order valence-electron chi connectivity index (χ1n) is 5.68. The van der Waals surface area contributed by atoms with E-state index in [9.17, 15) is 4.79 Å². The quantitative estimate of drug-likeness (QED) is 0.610. The average molecular weight is 213 g/mol. The Morgan fingerprint density at radius 3 is 2.60 bits per heavy atom. The van der Waals surface area contributed by atoms with Crippen LogP contribution in [0.25, 0.3) is 0 Å². The predicted molar refractivity (Wildman–Crippen MR) is 61.9 cm³/mol. The molecule has 1 aliphatic heterocycles. The third kappa shape index (κ3) is 4.51. The Balaban J connectivity index is 2.36. The second kappa shape index (κ2) is 4.84. The number of amides is 2. The summed E-state index contributed by atoms with van der Waals surface area (Å²) in [4.78, 5) is 11.6. The molecule has 1 rings (SSSR count). The van der Waals surface area contributed by atoms with Crippen LogP contribution in [0.4, 0.5) is 4.79 Å². The van der Waals surface area contributed by atoms with Crippen LogP contribution in [0.1, 0.15) is 34.1 Å². The first-order chi connectivity index (χ1) is 6.88. The molecule has 2 amide bonds. The van der Waals surface area contributed by atoms with Gasteiger partial charge in [0.25, 0.3) is 0 Å². The highest BCUT2D eigenvalue weighted by atomic mass is 16.2. The van der Waals surface area contributed by atoms with Gasteiger partial charge in [-0.1, -0.05) is 6.92 Å². The van der Waals surface area contributed by atoms with Crippen LogP contribution < -0.4 is 16.0 Å². The van der Waals surface area contributed by atoms with Crippen molar-refractivity contribution < 1.29 is 4.79 Å². The molecule has 88 valence electrons. The molecule has 1 aliphatic rings. The fourth-order valence-corrected chi connectivity index (χ4v) is 1.73. The first kappa shape index (κ1) is 12.3. The van der Waals surface area contributed by atoms with Gasteiger partial charge in [-0.2, -0.15) is 0 Å². The number of hydrogen-bond donors (Lipinski definition) is 3. The minimum absolute atomic E-state index is 0.0666. The number of nitrogens with one attached hydrogen (secondary N) is 3. The van der Waals surface area contributed by atoms with Gasteiger partial charge in [0.05, 0.1) is 0 Å². The van der Waals surface area contributed by atoms with Gasteiger partial charge in [0.2, 0.25) is 0 Å². The molecule has 15 heavy (non-hydrogen) atoms. The molecule has 4 nitrogen and oxygen atoms in total. The zero-order valence-electron chi connectivity index (χ0n) is 10.2. The first-order valence-corrected chi connectivity index (χ1v) is 5.68. The molecule has 0 spiro atoms. The van der Waals surface area contributed by atoms with Gasteiger partial charge in [-0.25, -0.2) is 4.79 Å². The van der Waals surface area contributed by atoms with Crippen LogP contribution in [0.3, 0.4) is 0 Å². The van der Waals surface area contributed by atoms with E-state index in [0.717, 1.165) is 19.5 Å². The summed E-state index contributed by atoms with van der Waals surface area (Å²) < 4.78 is 0. The Morgan fingerprint density at radius 2 is 2.07 bits per heavy atom. The van der Waals surface area contributed by atoms with E-state index in [4.69, 9.17) is 0 Å². The summed E-state index contributed by atoms with van der Waals surface area (Å²) in [5.41, 5.74) is -0.171. The molecule has 4 heteroatoms. The number of carbonyl (C=O) groups excluding carboxylic acids is 1. The van der Waals surface area contributed by atoms with Crippen molar-refractivity contribution in [2.75, 3.05) is 13.1 Å². The average Bonchev–Trinajstić information content (AvgIpc) is 2.05. The lowest BCUT2D eigenvalue weighted by Crippen LogP contribution is -2.55. The lowest BCUT2D eigenvalue weighted by molar-refractivity contribution is 0.217. The Labute approximate surface area is 92.2 Å². The highest BCUT2D eigenvalue weighted by Crippen LogP contribution is 2.11. The van der Waals surface area contributed by atoms with Crippen molar-refractivity contribution in [3.63, 3.8) is 0 Å². The molecular weight excluding hydrogens is 190 g/mol. The zero-order valence-corrected chi connectivity index (χ0v) is 10.2. The Hall–Kier alpha value is -0.770. The van der Waals surface area contributed by atoms with Crippen LogP contribution in [0.5, 0.6) is 0 Å². The van der Waals surface area contributed by atoms with Gasteiger partial charge in [-0.3, -0.25) is 0 Å². The smallest absolute Gasteiger partial charge is 0.315 e. The molecule has 0 radical (unpaired) electrons. The van der Waals surface area contributed by atoms with Crippen molar-refractivity contribution in [1.29, 1.82) is 0 Å². The maximum Gasteiger partial charge on any atom is 0.315 e. The molecule has 0 aromatic heterocycles. The van der Waals surface area contributed by atoms with Crippen LogP contribution in [0.2, 0.25) is 0 Å². The molecule has 3 N–H and O–H groups in total. The summed E-state index contributed by atoms with van der Waals surface area (Å²) >= 11 is 0. The van der Waals surface area contributed by atoms with Crippen molar-refractivity contribution in [3.05, 3.63) is 0 Å². The van der Waals surface area contributed by atoms with Gasteiger partial charge >= 0.3 is 6.03 Å². The number of urea groups is 1. The van der Waals surface area contributed by atoms with E-state index in [0.29, 0.717) is 5.92 Å². The fourth-order valence-electron chi connectivity index (χ4n) is 1.73. The van der Waals surface area contributed by atoms with Crippen molar-refractivity contribution in [2.24, 2.45) is 5.92 Å². The number of piperidine rings is 1. The molecule has 0 saturated carbocycles. The van der Waals surface area contributed by atoms with Crippen molar-refractivity contribution in [1.82, 2.24) is 16.0 Å². The summed E-state index contributed by atoms with van der Waals surface area (Å²) in [7, 11) is 0. The highest BCUT2D eigenvalue weighted by molar-refractivity contribution is 5.75.